The lowest BCUT2D eigenvalue weighted by atomic mass is 10.0. The third-order valence-corrected chi connectivity index (χ3v) is 7.60. The quantitative estimate of drug-likeness (QED) is 0.0326. The number of hydrogen-bond donors (Lipinski definition) is 10. The zero-order valence-electron chi connectivity index (χ0n) is 28.3. The fourth-order valence-electron chi connectivity index (χ4n) is 5.01. The zero-order valence-corrected chi connectivity index (χ0v) is 28.3. The van der Waals surface area contributed by atoms with Gasteiger partial charge in [0.15, 0.2) is 5.96 Å². The van der Waals surface area contributed by atoms with Crippen molar-refractivity contribution in [3.63, 3.8) is 0 Å². The number of carbonyl (C=O) groups excluding carboxylic acids is 8. The molecule has 0 aromatic rings. The molecule has 0 aromatic heterocycles. The first-order chi connectivity index (χ1) is 22.8. The maximum Gasteiger partial charge on any atom is 0.245 e. The second kappa shape index (κ2) is 20.4. The Morgan fingerprint density at radius 3 is 1.92 bits per heavy atom. The van der Waals surface area contributed by atoms with Crippen LogP contribution in [0.5, 0.6) is 0 Å². The Labute approximate surface area is 284 Å². The number of amides is 8. The summed E-state index contributed by atoms with van der Waals surface area (Å²) in [5.74, 6) is -6.67. The lowest BCUT2D eigenvalue weighted by Crippen LogP contribution is -2.60. The summed E-state index contributed by atoms with van der Waals surface area (Å²) in [4.78, 5) is 106. The summed E-state index contributed by atoms with van der Waals surface area (Å²) in [5, 5.41) is 22.3. The SMILES string of the molecule is CC(=O)N1CCC[C@H]1C(=O)N[C@H](C(=O)N[C@@H](CCC(N)=O)C(=O)N[C@@H](CCCN=C(N)N)C(=O)N[C@H](C(=O)NCC(N)=O)[C@@H](C)O)C(C)C. The lowest BCUT2D eigenvalue weighted by molar-refractivity contribution is -0.139. The van der Waals surface area contributed by atoms with Crippen LogP contribution in [0.2, 0.25) is 0 Å². The van der Waals surface area contributed by atoms with Crippen molar-refractivity contribution in [3.8, 4) is 0 Å². The summed E-state index contributed by atoms with van der Waals surface area (Å²) in [6.45, 7) is 5.78. The third-order valence-electron chi connectivity index (χ3n) is 7.60. The summed E-state index contributed by atoms with van der Waals surface area (Å²) >= 11 is 0. The molecule has 1 aliphatic rings. The van der Waals surface area contributed by atoms with Crippen LogP contribution in [0, 0.1) is 5.92 Å². The van der Waals surface area contributed by atoms with E-state index in [9.17, 15) is 43.5 Å². The molecule has 20 heteroatoms. The van der Waals surface area contributed by atoms with Crippen molar-refractivity contribution < 1.29 is 43.5 Å². The van der Waals surface area contributed by atoms with E-state index in [0.717, 1.165) is 0 Å². The fraction of sp³-hybridized carbons (Fsp3) is 0.690. The molecule has 49 heavy (non-hydrogen) atoms. The van der Waals surface area contributed by atoms with Gasteiger partial charge in [0.1, 0.15) is 30.2 Å². The molecule has 1 heterocycles. The molecule has 14 N–H and O–H groups in total. The van der Waals surface area contributed by atoms with E-state index in [1.807, 2.05) is 0 Å². The largest absolute Gasteiger partial charge is 0.391 e. The number of aliphatic hydroxyl groups is 1. The number of aliphatic imine (C=N–C) groups is 1. The summed E-state index contributed by atoms with van der Waals surface area (Å²) in [5.41, 5.74) is 21.1. The van der Waals surface area contributed by atoms with Crippen molar-refractivity contribution in [1.82, 2.24) is 31.5 Å². The van der Waals surface area contributed by atoms with Crippen molar-refractivity contribution in [2.75, 3.05) is 19.6 Å². The number of nitrogens with one attached hydrogen (secondary N) is 5. The fourth-order valence-corrected chi connectivity index (χ4v) is 5.01. The molecule has 276 valence electrons. The van der Waals surface area contributed by atoms with Crippen LogP contribution < -0.4 is 49.5 Å². The van der Waals surface area contributed by atoms with E-state index in [4.69, 9.17) is 22.9 Å². The number of hydrogen-bond acceptors (Lipinski definition) is 10. The summed E-state index contributed by atoms with van der Waals surface area (Å²) in [6, 6.07) is -6.25. The first-order valence-corrected chi connectivity index (χ1v) is 15.9. The Hall–Kier alpha value is -5.01. The number of guanidine groups is 1. The van der Waals surface area contributed by atoms with E-state index >= 15 is 0 Å². The monoisotopic (exact) mass is 697 g/mol. The summed E-state index contributed by atoms with van der Waals surface area (Å²) < 4.78 is 0. The Kier molecular flexibility index (Phi) is 17.5. The molecule has 0 radical (unpaired) electrons. The average molecular weight is 698 g/mol. The van der Waals surface area contributed by atoms with Crippen LogP contribution in [-0.2, 0) is 38.4 Å². The van der Waals surface area contributed by atoms with Gasteiger partial charge in [-0.3, -0.25) is 43.3 Å². The van der Waals surface area contributed by atoms with Gasteiger partial charge in [-0.05, 0) is 44.9 Å². The van der Waals surface area contributed by atoms with Crippen LogP contribution in [0.1, 0.15) is 66.2 Å². The first kappa shape index (κ1) is 42.0. The standard InChI is InChI=1S/C29H51N11O9/c1-14(2)22(38-26(47)19-8-6-12-40(19)16(4)42)28(49)37-18(9-10-20(30)43)24(45)36-17(7-5-11-34-29(32)33)25(46)39-23(15(3)41)27(48)35-13-21(31)44/h14-15,17-19,22-23,41H,5-13H2,1-4H3,(H2,30,43)(H2,31,44)(H,35,48)(H,36,45)(H,37,49)(H,38,47)(H,39,46)(H4,32,33,34)/t15-,17+,18+,19+,22+,23+/m1/s1. The van der Waals surface area contributed by atoms with Gasteiger partial charge in [-0.25, -0.2) is 0 Å². The van der Waals surface area contributed by atoms with Crippen molar-refractivity contribution in [3.05, 3.63) is 0 Å². The smallest absolute Gasteiger partial charge is 0.245 e. The van der Waals surface area contributed by atoms with Gasteiger partial charge < -0.3 is 59.5 Å². The van der Waals surface area contributed by atoms with Gasteiger partial charge in [-0.15, -0.1) is 0 Å². The molecule has 0 unspecified atom stereocenters. The number of carbonyl (C=O) groups is 8. The number of primary amides is 2. The molecule has 8 amide bonds. The molecular weight excluding hydrogens is 646 g/mol. The number of aliphatic hydroxyl groups excluding tert-OH is 1. The zero-order chi connectivity index (χ0) is 37.4. The van der Waals surface area contributed by atoms with Gasteiger partial charge in [-0.1, -0.05) is 13.8 Å². The number of nitrogens with zero attached hydrogens (tertiary/aromatic N) is 2. The van der Waals surface area contributed by atoms with E-state index in [1.54, 1.807) is 13.8 Å². The molecule has 1 rings (SSSR count). The molecule has 0 spiro atoms. The first-order valence-electron chi connectivity index (χ1n) is 15.9. The van der Waals surface area contributed by atoms with E-state index in [1.165, 1.54) is 18.7 Å². The molecule has 1 aliphatic heterocycles. The summed E-state index contributed by atoms with van der Waals surface area (Å²) in [6.07, 6.45) is -0.953. The van der Waals surface area contributed by atoms with Crippen LogP contribution in [-0.4, -0.2) is 119 Å². The van der Waals surface area contributed by atoms with Crippen LogP contribution in [0.3, 0.4) is 0 Å². The van der Waals surface area contributed by atoms with Gasteiger partial charge in [0.2, 0.25) is 47.3 Å². The minimum atomic E-state index is -1.55. The van der Waals surface area contributed by atoms with Crippen molar-refractivity contribution in [1.29, 1.82) is 0 Å². The topological polar surface area (TPSA) is 337 Å². The van der Waals surface area contributed by atoms with Crippen molar-refractivity contribution >= 4 is 53.2 Å². The molecule has 1 fully saturated rings. The molecule has 0 bridgehead atoms. The summed E-state index contributed by atoms with van der Waals surface area (Å²) in [7, 11) is 0. The second-order valence-corrected chi connectivity index (χ2v) is 12.1. The second-order valence-electron chi connectivity index (χ2n) is 12.1. The van der Waals surface area contributed by atoms with Gasteiger partial charge in [0, 0.05) is 26.4 Å². The molecule has 6 atom stereocenters. The van der Waals surface area contributed by atoms with Gasteiger partial charge >= 0.3 is 0 Å². The van der Waals surface area contributed by atoms with Crippen LogP contribution in [0.4, 0.5) is 0 Å². The molecule has 0 aliphatic carbocycles. The van der Waals surface area contributed by atoms with E-state index in [0.29, 0.717) is 19.4 Å². The van der Waals surface area contributed by atoms with Crippen molar-refractivity contribution in [2.24, 2.45) is 33.8 Å². The maximum absolute atomic E-state index is 13.6. The van der Waals surface area contributed by atoms with E-state index in [2.05, 4.69) is 31.6 Å². The molecule has 0 aromatic carbocycles. The van der Waals surface area contributed by atoms with Gasteiger partial charge in [0.25, 0.3) is 0 Å². The van der Waals surface area contributed by atoms with E-state index in [-0.39, 0.29) is 44.1 Å². The highest BCUT2D eigenvalue weighted by atomic mass is 16.3. The Balaban J connectivity index is 3.24. The molecular formula is C29H51N11O9. The Bertz CT molecular complexity index is 1250. The maximum atomic E-state index is 13.6. The number of rotatable bonds is 20. The predicted octanol–water partition coefficient (Wildman–Crippen LogP) is -5.11. The third kappa shape index (κ3) is 14.7. The minimum Gasteiger partial charge on any atom is -0.391 e. The predicted molar refractivity (Wildman–Crippen MR) is 175 cm³/mol. The van der Waals surface area contributed by atoms with Gasteiger partial charge in [-0.2, -0.15) is 0 Å². The van der Waals surface area contributed by atoms with Crippen LogP contribution >= 0.6 is 0 Å². The van der Waals surface area contributed by atoms with Crippen LogP contribution in [0.25, 0.3) is 0 Å². The van der Waals surface area contributed by atoms with Crippen LogP contribution in [0.15, 0.2) is 4.99 Å². The Morgan fingerprint density at radius 2 is 1.39 bits per heavy atom. The van der Waals surface area contributed by atoms with Crippen molar-refractivity contribution in [2.45, 2.75) is 103 Å². The number of likely N-dealkylation sites (tertiary alicyclic amines) is 1. The minimum absolute atomic E-state index is 0.0561. The average Bonchev–Trinajstić information content (AvgIpc) is 3.50. The molecule has 20 nitrogen and oxygen atoms in total. The Morgan fingerprint density at radius 1 is 0.796 bits per heavy atom. The highest BCUT2D eigenvalue weighted by Gasteiger charge is 2.37. The molecule has 0 saturated carbocycles. The normalized spacial score (nSPS) is 17.0. The highest BCUT2D eigenvalue weighted by Crippen LogP contribution is 2.18. The van der Waals surface area contributed by atoms with Gasteiger partial charge in [0.05, 0.1) is 12.6 Å². The van der Waals surface area contributed by atoms with E-state index < -0.39 is 90.1 Å². The molecule has 1 saturated heterocycles. The lowest BCUT2D eigenvalue weighted by Gasteiger charge is -2.29. The highest BCUT2D eigenvalue weighted by molar-refractivity contribution is 5.97. The number of nitrogens with two attached hydrogens (primary N) is 4.